The second-order valence-corrected chi connectivity index (χ2v) is 20.1. The molecule has 4 aromatic carbocycles. The van der Waals surface area contributed by atoms with Crippen LogP contribution in [0.1, 0.15) is 36.2 Å². The third-order valence-corrected chi connectivity index (χ3v) is 13.7. The van der Waals surface area contributed by atoms with E-state index in [1.807, 2.05) is 86.3 Å². The summed E-state index contributed by atoms with van der Waals surface area (Å²) in [4.78, 5) is 48.2. The van der Waals surface area contributed by atoms with Crippen LogP contribution in [0.3, 0.4) is 0 Å². The number of carbonyl (C=O) groups is 2. The number of amides is 1. The summed E-state index contributed by atoms with van der Waals surface area (Å²) in [5, 5.41) is 21.5. The van der Waals surface area contributed by atoms with Crippen LogP contribution in [-0.4, -0.2) is 154 Å². The van der Waals surface area contributed by atoms with E-state index in [1.54, 1.807) is 46.3 Å². The molecule has 0 spiro atoms. The van der Waals surface area contributed by atoms with E-state index in [4.69, 9.17) is 51.9 Å². The summed E-state index contributed by atoms with van der Waals surface area (Å²) in [6.07, 6.45) is 6.74. The predicted molar refractivity (Wildman–Crippen MR) is 315 cm³/mol. The standard InChI is InChI=1S/C32H39N7O4.C26H29Cl2N5O3/c1-9-29(40)34-24-16-25(28(42-8)17-27(24)38(6)15-14-37(4)5)35-32-33-18-22(31(41)43-20(2)3)30(36-32)23-19-39(7)26-13-11-10-12-21(23)26;1-32-6-8-33(9-7-32)5-4-10-36-25-13-21-18(11-24(25)35-3)26(17(15-29)16-30-21)31-22-14-23(34-2)20(28)12-19(22)27/h9-13,16-20H,1,14-15H2,2-8H3,(H,34,40)(H,33,35,36);11-14,16H,4-10H2,1-3H3,(H,30,31). The van der Waals surface area contributed by atoms with Crippen LogP contribution in [0.4, 0.5) is 34.4 Å². The molecule has 416 valence electrons. The first-order chi connectivity index (χ1) is 37.9. The van der Waals surface area contributed by atoms with Crippen LogP contribution >= 0.6 is 23.2 Å². The molecule has 7 aromatic rings. The van der Waals surface area contributed by atoms with Gasteiger partial charge in [0.05, 0.1) is 89.3 Å². The highest BCUT2D eigenvalue weighted by molar-refractivity contribution is 6.37. The molecular formula is C58H68Cl2N12O7. The van der Waals surface area contributed by atoms with Gasteiger partial charge in [0.25, 0.3) is 0 Å². The number of nitrogens with zero attached hydrogens (tertiary/aromatic N) is 9. The van der Waals surface area contributed by atoms with E-state index >= 15 is 0 Å². The molecule has 0 unspecified atom stereocenters. The number of esters is 1. The number of rotatable bonds is 21. The van der Waals surface area contributed by atoms with Crippen molar-refractivity contribution in [2.24, 2.45) is 7.05 Å². The van der Waals surface area contributed by atoms with E-state index in [1.165, 1.54) is 25.6 Å². The fourth-order valence-electron chi connectivity index (χ4n) is 8.78. The summed E-state index contributed by atoms with van der Waals surface area (Å²) in [6, 6.07) is 20.6. The number of pyridine rings is 1. The highest BCUT2D eigenvalue weighted by atomic mass is 35.5. The molecule has 79 heavy (non-hydrogen) atoms. The number of nitrogens with one attached hydrogen (secondary N) is 3. The van der Waals surface area contributed by atoms with Gasteiger partial charge in [-0.3, -0.25) is 9.78 Å². The Morgan fingerprint density at radius 1 is 0.835 bits per heavy atom. The summed E-state index contributed by atoms with van der Waals surface area (Å²) in [5.41, 5.74) is 6.39. The van der Waals surface area contributed by atoms with Crippen LogP contribution in [0.25, 0.3) is 33.1 Å². The Kier molecular flexibility index (Phi) is 20.2. The molecule has 1 aliphatic heterocycles. The number of likely N-dealkylation sites (N-methyl/N-ethyl adjacent to an activating group) is 3. The first-order valence-corrected chi connectivity index (χ1v) is 26.4. The number of ether oxygens (including phenoxy) is 5. The summed E-state index contributed by atoms with van der Waals surface area (Å²) < 4.78 is 30.3. The normalized spacial score (nSPS) is 12.6. The van der Waals surface area contributed by atoms with Gasteiger partial charge in [-0.15, -0.1) is 0 Å². The number of para-hydroxylation sites is 1. The first kappa shape index (κ1) is 58.8. The van der Waals surface area contributed by atoms with Crippen molar-refractivity contribution in [2.45, 2.75) is 26.4 Å². The number of aromatic nitrogens is 4. The van der Waals surface area contributed by atoms with Crippen molar-refractivity contribution in [3.05, 3.63) is 113 Å². The van der Waals surface area contributed by atoms with Crippen molar-refractivity contribution in [1.29, 1.82) is 5.26 Å². The molecule has 1 fully saturated rings. The minimum absolute atomic E-state index is 0.233. The maximum Gasteiger partial charge on any atom is 0.342 e. The van der Waals surface area contributed by atoms with E-state index in [9.17, 15) is 14.9 Å². The number of piperazine rings is 1. The van der Waals surface area contributed by atoms with Gasteiger partial charge in [-0.25, -0.2) is 14.8 Å². The van der Waals surface area contributed by atoms with E-state index < -0.39 is 5.97 Å². The number of fused-ring (bicyclic) bond motifs is 2. The van der Waals surface area contributed by atoms with Crippen molar-refractivity contribution in [2.75, 3.05) is 123 Å². The number of halogens is 2. The quantitative estimate of drug-likeness (QED) is 0.0349. The van der Waals surface area contributed by atoms with Crippen LogP contribution in [-0.2, 0) is 16.6 Å². The van der Waals surface area contributed by atoms with Crippen molar-refractivity contribution >= 4 is 91.3 Å². The van der Waals surface area contributed by atoms with Gasteiger partial charge in [-0.1, -0.05) is 48.0 Å². The van der Waals surface area contributed by atoms with E-state index in [0.29, 0.717) is 91.1 Å². The molecular weight excluding hydrogens is 1050 g/mol. The SMILES string of the molecule is C=CC(=O)Nc1cc(Nc2ncc(C(=O)OC(C)C)c(-c3cn(C)c4ccccc34)n2)c(OC)cc1N(C)CCN(C)C.COc1cc(Nc2c(C#N)cnc3cc(OCCCN4CCN(C)CC4)c(OC)cc23)c(Cl)cc1Cl. The number of hydrogen-bond acceptors (Lipinski definition) is 17. The lowest BCUT2D eigenvalue weighted by molar-refractivity contribution is -0.111. The Hall–Kier alpha value is -7.86. The minimum Gasteiger partial charge on any atom is -0.495 e. The maximum absolute atomic E-state index is 13.1. The molecule has 1 saturated heterocycles. The lowest BCUT2D eigenvalue weighted by Gasteiger charge is -2.32. The van der Waals surface area contributed by atoms with Gasteiger partial charge in [0.2, 0.25) is 11.9 Å². The van der Waals surface area contributed by atoms with E-state index in [2.05, 4.69) is 60.3 Å². The third-order valence-electron chi connectivity index (χ3n) is 13.1. The second kappa shape index (κ2) is 27.1. The van der Waals surface area contributed by atoms with Gasteiger partial charge in [-0.2, -0.15) is 5.26 Å². The second-order valence-electron chi connectivity index (χ2n) is 19.3. The van der Waals surface area contributed by atoms with Crippen molar-refractivity contribution in [1.82, 2.24) is 34.2 Å². The molecule has 0 aliphatic carbocycles. The number of aryl methyl sites for hydroxylation is 1. The minimum atomic E-state index is -0.512. The van der Waals surface area contributed by atoms with Crippen LogP contribution in [0.15, 0.2) is 91.9 Å². The predicted octanol–water partition coefficient (Wildman–Crippen LogP) is 10.3. The highest BCUT2D eigenvalue weighted by Crippen LogP contribution is 2.42. The molecule has 3 aromatic heterocycles. The summed E-state index contributed by atoms with van der Waals surface area (Å²) >= 11 is 12.6. The van der Waals surface area contributed by atoms with E-state index in [-0.39, 0.29) is 23.5 Å². The zero-order valence-corrected chi connectivity index (χ0v) is 47.9. The molecule has 0 atom stereocenters. The fourth-order valence-corrected chi connectivity index (χ4v) is 9.29. The summed E-state index contributed by atoms with van der Waals surface area (Å²) in [5.74, 6) is 1.52. The van der Waals surface area contributed by atoms with Gasteiger partial charge in [0.15, 0.2) is 11.5 Å². The summed E-state index contributed by atoms with van der Waals surface area (Å²) in [7, 11) is 14.7. The van der Waals surface area contributed by atoms with Crippen molar-refractivity contribution < 1.29 is 33.3 Å². The number of anilines is 6. The molecule has 0 bridgehead atoms. The number of carbonyl (C=O) groups excluding carboxylic acids is 2. The lowest BCUT2D eigenvalue weighted by atomic mass is 10.1. The molecule has 3 N–H and O–H groups in total. The Bertz CT molecular complexity index is 3360. The Morgan fingerprint density at radius 2 is 1.57 bits per heavy atom. The molecule has 0 radical (unpaired) electrons. The van der Waals surface area contributed by atoms with Crippen LogP contribution in [0.2, 0.25) is 10.0 Å². The van der Waals surface area contributed by atoms with Crippen molar-refractivity contribution in [3.8, 4) is 40.3 Å². The molecule has 19 nitrogen and oxygen atoms in total. The Morgan fingerprint density at radius 3 is 2.25 bits per heavy atom. The van der Waals surface area contributed by atoms with Gasteiger partial charge in [-0.05, 0) is 71.8 Å². The van der Waals surface area contributed by atoms with Crippen LogP contribution < -0.4 is 39.8 Å². The average Bonchev–Trinajstić information content (AvgIpc) is 3.97. The van der Waals surface area contributed by atoms with Gasteiger partial charge in [0.1, 0.15) is 23.1 Å². The Labute approximate surface area is 471 Å². The number of hydrogen-bond donors (Lipinski definition) is 3. The monoisotopic (exact) mass is 1110 g/mol. The maximum atomic E-state index is 13.1. The van der Waals surface area contributed by atoms with Gasteiger partial charge < -0.3 is 63.8 Å². The molecule has 4 heterocycles. The highest BCUT2D eigenvalue weighted by Gasteiger charge is 2.24. The van der Waals surface area contributed by atoms with Crippen molar-refractivity contribution in [3.63, 3.8) is 0 Å². The molecule has 1 aliphatic rings. The fraction of sp³-hybridized carbons (Fsp3) is 0.345. The first-order valence-electron chi connectivity index (χ1n) is 25.6. The zero-order chi connectivity index (χ0) is 56.9. The van der Waals surface area contributed by atoms with Gasteiger partial charge in [0, 0.05) is 119 Å². The van der Waals surface area contributed by atoms with Crippen LogP contribution in [0, 0.1) is 11.3 Å². The zero-order valence-electron chi connectivity index (χ0n) is 46.4. The molecule has 21 heteroatoms. The molecule has 1 amide bonds. The Balaban J connectivity index is 0.000000232. The summed E-state index contributed by atoms with van der Waals surface area (Å²) in [6.45, 7) is 14.6. The third kappa shape index (κ3) is 14.6. The average molecular weight is 1120 g/mol. The van der Waals surface area contributed by atoms with E-state index in [0.717, 1.165) is 67.8 Å². The van der Waals surface area contributed by atoms with Gasteiger partial charge >= 0.3 is 5.97 Å². The molecule has 8 rings (SSSR count). The largest absolute Gasteiger partial charge is 0.495 e. The lowest BCUT2D eigenvalue weighted by Crippen LogP contribution is -2.44. The van der Waals surface area contributed by atoms with Crippen LogP contribution in [0.5, 0.6) is 23.0 Å². The number of methoxy groups -OCH3 is 3. The molecule has 0 saturated carbocycles. The smallest absolute Gasteiger partial charge is 0.342 e. The number of benzene rings is 4. The topological polar surface area (TPSA) is 197 Å². The number of nitriles is 1.